The van der Waals surface area contributed by atoms with E-state index in [1.807, 2.05) is 39.0 Å². The van der Waals surface area contributed by atoms with Crippen molar-refractivity contribution < 1.29 is 13.9 Å². The van der Waals surface area contributed by atoms with Crippen LogP contribution in [0.1, 0.15) is 55.7 Å². The maximum Gasteiger partial charge on any atom is 0.235 e. The molecule has 0 saturated heterocycles. The summed E-state index contributed by atoms with van der Waals surface area (Å²) < 4.78 is 20.3. The van der Waals surface area contributed by atoms with E-state index in [0.29, 0.717) is 25.0 Å². The van der Waals surface area contributed by atoms with E-state index in [4.69, 9.17) is 4.74 Å². The second-order valence-electron chi connectivity index (χ2n) is 7.45. The Morgan fingerprint density at radius 1 is 1.11 bits per heavy atom. The highest BCUT2D eigenvalue weighted by Gasteiger charge is 2.42. The molecule has 144 valence electrons. The highest BCUT2D eigenvalue weighted by Crippen LogP contribution is 2.41. The van der Waals surface area contributed by atoms with E-state index >= 15 is 0 Å². The van der Waals surface area contributed by atoms with Gasteiger partial charge in [-0.05, 0) is 62.9 Å². The van der Waals surface area contributed by atoms with Gasteiger partial charge < -0.3 is 10.1 Å². The monoisotopic (exact) mass is 369 g/mol. The number of ether oxygens (including phenoxy) is 1. The van der Waals surface area contributed by atoms with Gasteiger partial charge in [0.15, 0.2) is 0 Å². The molecule has 1 amide bonds. The third-order valence-electron chi connectivity index (χ3n) is 5.54. The molecule has 27 heavy (non-hydrogen) atoms. The number of hydrogen-bond donors (Lipinski definition) is 1. The van der Waals surface area contributed by atoms with Crippen molar-refractivity contribution in [2.75, 3.05) is 11.9 Å². The molecule has 2 aromatic rings. The van der Waals surface area contributed by atoms with Gasteiger partial charge in [-0.3, -0.25) is 4.79 Å². The number of aryl methyl sites for hydroxylation is 2. The largest absolute Gasteiger partial charge is 0.493 e. The third-order valence-corrected chi connectivity index (χ3v) is 5.54. The van der Waals surface area contributed by atoms with Crippen LogP contribution in [0.2, 0.25) is 0 Å². The maximum atomic E-state index is 14.6. The minimum Gasteiger partial charge on any atom is -0.493 e. The quantitative estimate of drug-likeness (QED) is 0.736. The minimum absolute atomic E-state index is 0.116. The lowest BCUT2D eigenvalue weighted by Gasteiger charge is -2.36. The molecule has 0 heterocycles. The van der Waals surface area contributed by atoms with Crippen molar-refractivity contribution in [3.63, 3.8) is 0 Å². The Bertz CT molecular complexity index is 802. The summed E-state index contributed by atoms with van der Waals surface area (Å²) in [6.45, 7) is 6.50. The van der Waals surface area contributed by atoms with Gasteiger partial charge >= 0.3 is 0 Å². The lowest BCUT2D eigenvalue weighted by molar-refractivity contribution is -0.122. The molecule has 3 rings (SSSR count). The summed E-state index contributed by atoms with van der Waals surface area (Å²) in [5.74, 6) is 0.445. The van der Waals surface area contributed by atoms with E-state index in [-0.39, 0.29) is 11.7 Å². The van der Waals surface area contributed by atoms with Crippen LogP contribution in [0.15, 0.2) is 36.4 Å². The Morgan fingerprint density at radius 3 is 2.33 bits per heavy atom. The number of anilines is 1. The molecule has 1 aliphatic carbocycles. The van der Waals surface area contributed by atoms with Gasteiger partial charge in [-0.2, -0.15) is 0 Å². The molecule has 3 nitrogen and oxygen atoms in total. The van der Waals surface area contributed by atoms with E-state index in [2.05, 4.69) is 5.32 Å². The molecular weight excluding hydrogens is 341 g/mol. The van der Waals surface area contributed by atoms with Crippen molar-refractivity contribution in [3.05, 3.63) is 58.9 Å². The molecule has 0 aromatic heterocycles. The molecule has 0 bridgehead atoms. The van der Waals surface area contributed by atoms with Crippen LogP contribution in [-0.2, 0) is 10.2 Å². The van der Waals surface area contributed by atoms with E-state index in [1.165, 1.54) is 6.07 Å². The van der Waals surface area contributed by atoms with Crippen molar-refractivity contribution in [1.82, 2.24) is 0 Å². The highest BCUT2D eigenvalue weighted by molar-refractivity contribution is 5.99. The summed E-state index contributed by atoms with van der Waals surface area (Å²) in [5.41, 5.74) is 2.41. The van der Waals surface area contributed by atoms with Crippen LogP contribution < -0.4 is 10.1 Å². The topological polar surface area (TPSA) is 38.3 Å². The first-order valence-corrected chi connectivity index (χ1v) is 9.78. The summed E-state index contributed by atoms with van der Waals surface area (Å²) in [6.07, 6.45) is 4.31. The van der Waals surface area contributed by atoms with Crippen LogP contribution in [0, 0.1) is 19.7 Å². The van der Waals surface area contributed by atoms with Crippen LogP contribution >= 0.6 is 0 Å². The first kappa shape index (κ1) is 19.4. The predicted molar refractivity (Wildman–Crippen MR) is 107 cm³/mol. The van der Waals surface area contributed by atoms with Crippen LogP contribution in [0.4, 0.5) is 10.1 Å². The lowest BCUT2D eigenvalue weighted by atomic mass is 9.68. The van der Waals surface area contributed by atoms with Gasteiger partial charge in [0, 0.05) is 11.3 Å². The molecule has 1 N–H and O–H groups in total. The third kappa shape index (κ3) is 3.85. The van der Waals surface area contributed by atoms with Crippen molar-refractivity contribution in [2.45, 2.75) is 58.3 Å². The Hall–Kier alpha value is -2.36. The summed E-state index contributed by atoms with van der Waals surface area (Å²) >= 11 is 0. The van der Waals surface area contributed by atoms with Gasteiger partial charge in [0.1, 0.15) is 11.6 Å². The second-order valence-corrected chi connectivity index (χ2v) is 7.45. The second kappa shape index (κ2) is 8.12. The van der Waals surface area contributed by atoms with Gasteiger partial charge in [-0.25, -0.2) is 4.39 Å². The summed E-state index contributed by atoms with van der Waals surface area (Å²) in [6, 6.07) is 10.5. The highest BCUT2D eigenvalue weighted by atomic mass is 19.1. The minimum atomic E-state index is -0.802. The molecule has 0 aliphatic heterocycles. The van der Waals surface area contributed by atoms with Crippen molar-refractivity contribution in [1.29, 1.82) is 0 Å². The molecule has 0 radical (unpaired) electrons. The van der Waals surface area contributed by atoms with Gasteiger partial charge in [-0.15, -0.1) is 0 Å². The van der Waals surface area contributed by atoms with E-state index in [0.717, 1.165) is 41.8 Å². The molecule has 0 atom stereocenters. The van der Waals surface area contributed by atoms with Crippen molar-refractivity contribution in [3.8, 4) is 5.75 Å². The number of hydrogen-bond acceptors (Lipinski definition) is 2. The van der Waals surface area contributed by atoms with E-state index in [1.54, 1.807) is 12.1 Å². The fourth-order valence-corrected chi connectivity index (χ4v) is 4.27. The molecule has 0 unspecified atom stereocenters. The SMILES string of the molecule is CCOc1c(C)cc(NC(=O)C2(c3ccccc3F)CCCCC2)cc1C. The number of amides is 1. The number of carbonyl (C=O) groups excluding carboxylic acids is 1. The number of rotatable bonds is 5. The summed E-state index contributed by atoms with van der Waals surface area (Å²) in [4.78, 5) is 13.4. The van der Waals surface area contributed by atoms with Gasteiger partial charge in [0.2, 0.25) is 5.91 Å². The Kier molecular flexibility index (Phi) is 5.83. The molecule has 1 fully saturated rings. The zero-order valence-electron chi connectivity index (χ0n) is 16.4. The first-order valence-electron chi connectivity index (χ1n) is 9.78. The van der Waals surface area contributed by atoms with Gasteiger partial charge in [0.25, 0.3) is 0 Å². The summed E-state index contributed by atoms with van der Waals surface area (Å²) in [5, 5.41) is 3.07. The van der Waals surface area contributed by atoms with Crippen molar-refractivity contribution >= 4 is 11.6 Å². The summed E-state index contributed by atoms with van der Waals surface area (Å²) in [7, 11) is 0. The zero-order chi connectivity index (χ0) is 19.4. The molecule has 2 aromatic carbocycles. The predicted octanol–water partition coefficient (Wildman–Crippen LogP) is 5.68. The van der Waals surface area contributed by atoms with Crippen LogP contribution in [0.5, 0.6) is 5.75 Å². The lowest BCUT2D eigenvalue weighted by Crippen LogP contribution is -2.42. The smallest absolute Gasteiger partial charge is 0.235 e. The molecule has 1 aliphatic rings. The molecule has 1 saturated carbocycles. The van der Waals surface area contributed by atoms with E-state index in [9.17, 15) is 9.18 Å². The average Bonchev–Trinajstić information content (AvgIpc) is 2.65. The fourth-order valence-electron chi connectivity index (χ4n) is 4.27. The van der Waals surface area contributed by atoms with Crippen LogP contribution in [0.3, 0.4) is 0 Å². The Balaban J connectivity index is 1.93. The Labute approximate surface area is 160 Å². The van der Waals surface area contributed by atoms with Gasteiger partial charge in [0.05, 0.1) is 12.0 Å². The van der Waals surface area contributed by atoms with Gasteiger partial charge in [-0.1, -0.05) is 37.5 Å². The van der Waals surface area contributed by atoms with Crippen LogP contribution in [0.25, 0.3) is 0 Å². The normalized spacial score (nSPS) is 16.0. The standard InChI is InChI=1S/C23H28FNO2/c1-4-27-21-16(2)14-18(15-17(21)3)25-22(26)23(12-8-5-9-13-23)19-10-6-7-11-20(19)24/h6-7,10-11,14-15H,4-5,8-9,12-13H2,1-3H3,(H,25,26). The molecular formula is C23H28FNO2. The number of nitrogens with one attached hydrogen (secondary N) is 1. The number of halogens is 1. The fraction of sp³-hybridized carbons (Fsp3) is 0.435. The molecule has 4 heteroatoms. The Morgan fingerprint density at radius 2 is 1.74 bits per heavy atom. The number of carbonyl (C=O) groups is 1. The molecule has 0 spiro atoms. The average molecular weight is 369 g/mol. The van der Waals surface area contributed by atoms with E-state index < -0.39 is 5.41 Å². The van der Waals surface area contributed by atoms with Crippen LogP contribution in [-0.4, -0.2) is 12.5 Å². The number of benzene rings is 2. The zero-order valence-corrected chi connectivity index (χ0v) is 16.4. The maximum absolute atomic E-state index is 14.6. The first-order chi connectivity index (χ1) is 13.0. The van der Waals surface area contributed by atoms with Crippen molar-refractivity contribution in [2.24, 2.45) is 0 Å².